The van der Waals surface area contributed by atoms with E-state index in [1.807, 2.05) is 84.2 Å². The third-order valence-corrected chi connectivity index (χ3v) is 10.1. The van der Waals surface area contributed by atoms with Crippen molar-refractivity contribution in [3.05, 3.63) is 166 Å². The molecule has 8 nitrogen and oxygen atoms in total. The zero-order valence-corrected chi connectivity index (χ0v) is 30.4. The molecule has 5 aromatic carbocycles. The monoisotopic (exact) mass is 774 g/mol. The summed E-state index contributed by atoms with van der Waals surface area (Å²) in [6.45, 7) is 0. The van der Waals surface area contributed by atoms with Crippen molar-refractivity contribution < 1.29 is 19.1 Å². The van der Waals surface area contributed by atoms with Crippen LogP contribution in [0.25, 0.3) is 17.3 Å². The van der Waals surface area contributed by atoms with Crippen LogP contribution in [-0.2, 0) is 9.59 Å². The van der Waals surface area contributed by atoms with Gasteiger partial charge in [-0.2, -0.15) is 0 Å². The molecule has 11 heteroatoms. The van der Waals surface area contributed by atoms with Crippen LogP contribution in [0.4, 0.5) is 10.8 Å². The summed E-state index contributed by atoms with van der Waals surface area (Å²) in [7, 11) is 1.54. The number of nitrogens with one attached hydrogen (secondary N) is 3. The summed E-state index contributed by atoms with van der Waals surface area (Å²) in [4.78, 5) is 46.1. The normalized spacial score (nSPS) is 11.7. The highest BCUT2D eigenvalue weighted by atomic mass is 79.9. The maximum absolute atomic E-state index is 13.8. The van der Waals surface area contributed by atoms with Crippen LogP contribution < -0.4 is 20.7 Å². The van der Waals surface area contributed by atoms with Gasteiger partial charge in [-0.05, 0) is 60.2 Å². The van der Waals surface area contributed by atoms with Gasteiger partial charge in [0.1, 0.15) is 16.7 Å². The van der Waals surface area contributed by atoms with E-state index < -0.39 is 17.1 Å². The fourth-order valence-electron chi connectivity index (χ4n) is 5.02. The molecular formula is C40H31BrN4O4S2. The number of para-hydroxylation sites is 1. The van der Waals surface area contributed by atoms with Gasteiger partial charge in [-0.15, -0.1) is 23.1 Å². The number of carbonyl (C=O) groups is 3. The third-order valence-electron chi connectivity index (χ3n) is 7.53. The SMILES string of the molecule is COc1ccccc1/C=C(/NC(=O)c1ccccc1)C(=O)Nc1cccc(SC(C(=O)Nc2nc(-c3ccc(Br)cc3)cs2)c2ccccc2)c1. The molecule has 0 spiro atoms. The van der Waals surface area contributed by atoms with E-state index in [0.717, 1.165) is 26.2 Å². The lowest BCUT2D eigenvalue weighted by molar-refractivity contribution is -0.116. The Kier molecular flexibility index (Phi) is 11.7. The summed E-state index contributed by atoms with van der Waals surface area (Å²) in [5.74, 6) is -0.655. The Labute approximate surface area is 312 Å². The highest BCUT2D eigenvalue weighted by molar-refractivity contribution is 9.10. The Hall–Kier alpha value is -5.49. The minimum atomic E-state index is -0.622. The van der Waals surface area contributed by atoms with E-state index in [9.17, 15) is 14.4 Å². The highest BCUT2D eigenvalue weighted by Gasteiger charge is 2.24. The fraction of sp³-hybridized carbons (Fsp3) is 0.0500. The lowest BCUT2D eigenvalue weighted by Gasteiger charge is -2.17. The van der Waals surface area contributed by atoms with E-state index in [1.165, 1.54) is 23.1 Å². The van der Waals surface area contributed by atoms with Crippen molar-refractivity contribution in [3.63, 3.8) is 0 Å². The first-order valence-electron chi connectivity index (χ1n) is 15.7. The van der Waals surface area contributed by atoms with Gasteiger partial charge in [0.2, 0.25) is 5.91 Å². The van der Waals surface area contributed by atoms with Crippen molar-refractivity contribution >= 4 is 73.6 Å². The Morgan fingerprint density at radius 3 is 2.27 bits per heavy atom. The first-order valence-corrected chi connectivity index (χ1v) is 18.3. The average Bonchev–Trinajstić information content (AvgIpc) is 3.63. The van der Waals surface area contributed by atoms with Crippen molar-refractivity contribution in [2.45, 2.75) is 10.1 Å². The van der Waals surface area contributed by atoms with Gasteiger partial charge in [-0.3, -0.25) is 14.4 Å². The van der Waals surface area contributed by atoms with Gasteiger partial charge >= 0.3 is 0 Å². The van der Waals surface area contributed by atoms with Crippen LogP contribution in [0, 0.1) is 0 Å². The zero-order chi connectivity index (χ0) is 35.6. The molecule has 254 valence electrons. The van der Waals surface area contributed by atoms with Crippen LogP contribution in [0.5, 0.6) is 5.75 Å². The number of thioether (sulfide) groups is 1. The molecule has 6 aromatic rings. The molecular weight excluding hydrogens is 745 g/mol. The molecule has 1 heterocycles. The van der Waals surface area contributed by atoms with Crippen LogP contribution in [0.3, 0.4) is 0 Å². The number of amides is 3. The maximum atomic E-state index is 13.8. The molecule has 0 aliphatic rings. The van der Waals surface area contributed by atoms with Crippen LogP contribution >= 0.6 is 39.0 Å². The van der Waals surface area contributed by atoms with Crippen molar-refractivity contribution in [1.82, 2.24) is 10.3 Å². The first kappa shape index (κ1) is 35.3. The molecule has 3 amide bonds. The number of aromatic nitrogens is 1. The lowest BCUT2D eigenvalue weighted by Crippen LogP contribution is -2.30. The summed E-state index contributed by atoms with van der Waals surface area (Å²) in [5.41, 5.74) is 4.06. The number of hydrogen-bond donors (Lipinski definition) is 3. The van der Waals surface area contributed by atoms with Crippen molar-refractivity contribution in [1.29, 1.82) is 0 Å². The van der Waals surface area contributed by atoms with Gasteiger partial charge in [0.05, 0.1) is 12.8 Å². The van der Waals surface area contributed by atoms with Crippen LogP contribution in [0.1, 0.15) is 26.7 Å². The van der Waals surface area contributed by atoms with Crippen molar-refractivity contribution in [2.75, 3.05) is 17.7 Å². The second kappa shape index (κ2) is 16.9. The number of anilines is 2. The summed E-state index contributed by atoms with van der Waals surface area (Å²) >= 11 is 6.16. The van der Waals surface area contributed by atoms with Crippen LogP contribution in [0.2, 0.25) is 0 Å². The molecule has 51 heavy (non-hydrogen) atoms. The zero-order valence-electron chi connectivity index (χ0n) is 27.2. The van der Waals surface area contributed by atoms with Gasteiger partial charge in [0.25, 0.3) is 11.8 Å². The first-order chi connectivity index (χ1) is 24.9. The standard InChI is InChI=1S/C40H31BrN4O4S2/c1-49-35-18-9-8-15-29(35)23-33(43-37(46)28-13-6-3-7-14-28)38(47)42-31-16-10-17-32(24-31)51-36(27-11-4-2-5-12-27)39(48)45-40-44-34(25-50-40)26-19-21-30(41)22-20-26/h2-25,36H,1H3,(H,42,47)(H,43,46)(H,44,45,48)/b33-23+. The van der Waals surface area contributed by atoms with E-state index in [4.69, 9.17) is 4.74 Å². The van der Waals surface area contributed by atoms with Gasteiger partial charge < -0.3 is 20.7 Å². The summed E-state index contributed by atoms with van der Waals surface area (Å²) in [5, 5.41) is 10.5. The minimum absolute atomic E-state index is 0.0268. The smallest absolute Gasteiger partial charge is 0.272 e. The Bertz CT molecular complexity index is 2170. The average molecular weight is 776 g/mol. The van der Waals surface area contributed by atoms with E-state index in [-0.39, 0.29) is 11.6 Å². The second-order valence-electron chi connectivity index (χ2n) is 11.0. The Balaban J connectivity index is 1.22. The molecule has 0 radical (unpaired) electrons. The molecule has 0 bridgehead atoms. The maximum Gasteiger partial charge on any atom is 0.272 e. The molecule has 1 atom stereocenters. The van der Waals surface area contributed by atoms with Gasteiger partial charge in [0.15, 0.2) is 5.13 Å². The summed E-state index contributed by atoms with van der Waals surface area (Å²) < 4.78 is 6.45. The molecule has 0 aliphatic carbocycles. The molecule has 0 aliphatic heterocycles. The number of thiazole rings is 1. The molecule has 0 saturated carbocycles. The van der Waals surface area contributed by atoms with Crippen LogP contribution in [0.15, 0.2) is 154 Å². The largest absolute Gasteiger partial charge is 0.496 e. The number of nitrogens with zero attached hydrogens (tertiary/aromatic N) is 1. The lowest BCUT2D eigenvalue weighted by atomic mass is 10.1. The molecule has 0 saturated heterocycles. The number of halogens is 1. The second-order valence-corrected chi connectivity index (χ2v) is 14.0. The molecule has 3 N–H and O–H groups in total. The van der Waals surface area contributed by atoms with E-state index in [2.05, 4.69) is 36.9 Å². The van der Waals surface area contributed by atoms with E-state index >= 15 is 0 Å². The number of hydrogen-bond acceptors (Lipinski definition) is 7. The van der Waals surface area contributed by atoms with Crippen LogP contribution in [-0.4, -0.2) is 29.8 Å². The molecule has 6 rings (SSSR count). The molecule has 1 unspecified atom stereocenters. The summed E-state index contributed by atoms with van der Waals surface area (Å²) in [6, 6.07) is 40.4. The number of ether oxygens (including phenoxy) is 1. The van der Waals surface area contributed by atoms with Gasteiger partial charge in [-0.25, -0.2) is 4.98 Å². The van der Waals surface area contributed by atoms with E-state index in [1.54, 1.807) is 67.8 Å². The number of carbonyl (C=O) groups excluding carboxylic acids is 3. The minimum Gasteiger partial charge on any atom is -0.496 e. The number of methoxy groups -OCH3 is 1. The Morgan fingerprint density at radius 2 is 1.53 bits per heavy atom. The third kappa shape index (κ3) is 9.40. The van der Waals surface area contributed by atoms with Gasteiger partial charge in [-0.1, -0.05) is 101 Å². The van der Waals surface area contributed by atoms with Crippen molar-refractivity contribution in [2.24, 2.45) is 0 Å². The fourth-order valence-corrected chi connectivity index (χ4v) is 7.09. The number of benzene rings is 5. The molecule has 1 aromatic heterocycles. The summed E-state index contributed by atoms with van der Waals surface area (Å²) in [6.07, 6.45) is 1.57. The highest BCUT2D eigenvalue weighted by Crippen LogP contribution is 2.38. The van der Waals surface area contributed by atoms with E-state index in [0.29, 0.717) is 27.7 Å². The number of rotatable bonds is 12. The predicted molar refractivity (Wildman–Crippen MR) is 209 cm³/mol. The Morgan fingerprint density at radius 1 is 0.824 bits per heavy atom. The predicted octanol–water partition coefficient (Wildman–Crippen LogP) is 9.46. The quantitative estimate of drug-likeness (QED) is 0.0845. The molecule has 0 fully saturated rings. The van der Waals surface area contributed by atoms with Crippen molar-refractivity contribution in [3.8, 4) is 17.0 Å². The van der Waals surface area contributed by atoms with Gasteiger partial charge in [0, 0.05) is 37.1 Å². The topological polar surface area (TPSA) is 109 Å².